The zero-order valence-corrected chi connectivity index (χ0v) is 15.7. The van der Waals surface area contributed by atoms with E-state index in [9.17, 15) is 13.2 Å². The molecule has 0 saturated carbocycles. The number of hydrogen-bond acceptors (Lipinski definition) is 4. The van der Waals surface area contributed by atoms with E-state index in [4.69, 9.17) is 4.74 Å². The Bertz CT molecular complexity index is 908. The first-order valence-corrected chi connectivity index (χ1v) is 9.92. The summed E-state index contributed by atoms with van der Waals surface area (Å²) in [5.41, 5.74) is 2.72. The molecule has 2 aromatic rings. The molecule has 138 valence electrons. The van der Waals surface area contributed by atoms with Crippen LogP contribution in [0.15, 0.2) is 47.4 Å². The van der Waals surface area contributed by atoms with E-state index in [-0.39, 0.29) is 10.8 Å². The Morgan fingerprint density at radius 3 is 2.58 bits per heavy atom. The van der Waals surface area contributed by atoms with Crippen LogP contribution in [-0.4, -0.2) is 34.5 Å². The molecule has 0 fully saturated rings. The standard InChI is InChI=1S/C19H22N2O4S/c1-14(22)21-12-10-16-13-18(7-8-19(16)21)26(23,24)20-11-9-15-3-5-17(25-2)6-4-15/h3-8,13,20H,9-12H2,1-2H3. The summed E-state index contributed by atoms with van der Waals surface area (Å²) in [4.78, 5) is 13.5. The second-order valence-corrected chi connectivity index (χ2v) is 7.97. The lowest BCUT2D eigenvalue weighted by Gasteiger charge is -2.15. The molecular formula is C19H22N2O4S. The largest absolute Gasteiger partial charge is 0.497 e. The minimum Gasteiger partial charge on any atom is -0.497 e. The van der Waals surface area contributed by atoms with Crippen molar-refractivity contribution < 1.29 is 17.9 Å². The average Bonchev–Trinajstić information content (AvgIpc) is 3.05. The summed E-state index contributed by atoms with van der Waals surface area (Å²) in [6.45, 7) is 2.42. The van der Waals surface area contributed by atoms with E-state index in [1.165, 1.54) is 6.92 Å². The normalized spacial score (nSPS) is 13.5. The Hall–Kier alpha value is -2.38. The van der Waals surface area contributed by atoms with Crippen LogP contribution in [0, 0.1) is 0 Å². The van der Waals surface area contributed by atoms with Crippen molar-refractivity contribution in [3.8, 4) is 5.75 Å². The fourth-order valence-electron chi connectivity index (χ4n) is 3.08. The number of sulfonamides is 1. The Labute approximate surface area is 153 Å². The number of fused-ring (bicyclic) bond motifs is 1. The van der Waals surface area contributed by atoms with Crippen LogP contribution < -0.4 is 14.4 Å². The Morgan fingerprint density at radius 2 is 1.92 bits per heavy atom. The van der Waals surface area contributed by atoms with Crippen LogP contribution in [0.3, 0.4) is 0 Å². The van der Waals surface area contributed by atoms with Gasteiger partial charge in [-0.3, -0.25) is 4.79 Å². The minimum absolute atomic E-state index is 0.0306. The molecule has 1 N–H and O–H groups in total. The van der Waals surface area contributed by atoms with Gasteiger partial charge in [0, 0.05) is 25.7 Å². The van der Waals surface area contributed by atoms with E-state index in [1.54, 1.807) is 30.2 Å². The van der Waals surface area contributed by atoms with Gasteiger partial charge in [-0.25, -0.2) is 13.1 Å². The van der Waals surface area contributed by atoms with Gasteiger partial charge in [0.2, 0.25) is 15.9 Å². The lowest BCUT2D eigenvalue weighted by atomic mass is 10.1. The average molecular weight is 374 g/mol. The van der Waals surface area contributed by atoms with E-state index >= 15 is 0 Å². The Balaban J connectivity index is 1.66. The quantitative estimate of drug-likeness (QED) is 0.840. The zero-order chi connectivity index (χ0) is 18.7. The maximum absolute atomic E-state index is 12.5. The fourth-order valence-corrected chi connectivity index (χ4v) is 4.16. The highest BCUT2D eigenvalue weighted by Crippen LogP contribution is 2.30. The molecular weight excluding hydrogens is 352 g/mol. The molecule has 0 saturated heterocycles. The van der Waals surface area contributed by atoms with Gasteiger partial charge in [-0.1, -0.05) is 12.1 Å². The molecule has 0 unspecified atom stereocenters. The molecule has 7 heteroatoms. The molecule has 0 radical (unpaired) electrons. The third-order valence-corrected chi connectivity index (χ3v) is 5.96. The number of amides is 1. The molecule has 1 aliphatic rings. The van der Waals surface area contributed by atoms with Crippen molar-refractivity contribution in [1.82, 2.24) is 4.72 Å². The number of ether oxygens (including phenoxy) is 1. The van der Waals surface area contributed by atoms with E-state index in [0.717, 1.165) is 22.6 Å². The van der Waals surface area contributed by atoms with Crippen molar-refractivity contribution in [3.05, 3.63) is 53.6 Å². The van der Waals surface area contributed by atoms with Crippen LogP contribution in [0.25, 0.3) is 0 Å². The van der Waals surface area contributed by atoms with E-state index in [1.807, 2.05) is 24.3 Å². The van der Waals surface area contributed by atoms with Crippen LogP contribution >= 0.6 is 0 Å². The molecule has 1 amide bonds. The summed E-state index contributed by atoms with van der Waals surface area (Å²) < 4.78 is 32.8. The summed E-state index contributed by atoms with van der Waals surface area (Å²) in [5.74, 6) is 0.740. The van der Waals surface area contributed by atoms with Gasteiger partial charge in [0.25, 0.3) is 0 Å². The molecule has 0 spiro atoms. The SMILES string of the molecule is COc1ccc(CCNS(=O)(=O)c2ccc3c(c2)CCN3C(C)=O)cc1. The molecule has 0 aromatic heterocycles. The van der Waals surface area contributed by atoms with E-state index in [2.05, 4.69) is 4.72 Å². The number of rotatable bonds is 6. The number of benzene rings is 2. The molecule has 0 atom stereocenters. The molecule has 3 rings (SSSR count). The highest BCUT2D eigenvalue weighted by Gasteiger charge is 2.24. The number of nitrogens with zero attached hydrogens (tertiary/aromatic N) is 1. The summed E-state index contributed by atoms with van der Waals surface area (Å²) in [6.07, 6.45) is 1.26. The molecule has 1 aliphatic heterocycles. The molecule has 0 aliphatic carbocycles. The Morgan fingerprint density at radius 1 is 1.19 bits per heavy atom. The van der Waals surface area contributed by atoms with Crippen LogP contribution in [0.1, 0.15) is 18.1 Å². The summed E-state index contributed by atoms with van der Waals surface area (Å²) in [6, 6.07) is 12.5. The first kappa shape index (κ1) is 18.4. The van der Waals surface area contributed by atoms with Crippen molar-refractivity contribution in [1.29, 1.82) is 0 Å². The topological polar surface area (TPSA) is 75.7 Å². The molecule has 0 bridgehead atoms. The number of carbonyl (C=O) groups excluding carboxylic acids is 1. The predicted octanol–water partition coefficient (Wildman–Crippen LogP) is 2.13. The smallest absolute Gasteiger partial charge is 0.240 e. The van der Waals surface area contributed by atoms with Gasteiger partial charge in [0.1, 0.15) is 5.75 Å². The van der Waals surface area contributed by atoms with Crippen molar-refractivity contribution >= 4 is 21.6 Å². The molecule has 2 aromatic carbocycles. The van der Waals surface area contributed by atoms with E-state index < -0.39 is 10.0 Å². The minimum atomic E-state index is -3.58. The summed E-state index contributed by atoms with van der Waals surface area (Å²) in [7, 11) is -1.97. The van der Waals surface area contributed by atoms with Crippen molar-refractivity contribution in [2.75, 3.05) is 25.1 Å². The van der Waals surface area contributed by atoms with Crippen molar-refractivity contribution in [2.24, 2.45) is 0 Å². The maximum atomic E-state index is 12.5. The molecule has 1 heterocycles. The third kappa shape index (κ3) is 3.89. The molecule has 6 nitrogen and oxygen atoms in total. The fraction of sp³-hybridized carbons (Fsp3) is 0.316. The molecule has 26 heavy (non-hydrogen) atoms. The van der Waals surface area contributed by atoms with Gasteiger partial charge in [0.15, 0.2) is 0 Å². The highest BCUT2D eigenvalue weighted by molar-refractivity contribution is 7.89. The van der Waals surface area contributed by atoms with Crippen LogP contribution in [0.4, 0.5) is 5.69 Å². The number of nitrogens with one attached hydrogen (secondary N) is 1. The number of anilines is 1. The van der Waals surface area contributed by atoms with Gasteiger partial charge in [-0.2, -0.15) is 0 Å². The number of carbonyl (C=O) groups is 1. The predicted molar refractivity (Wildman–Crippen MR) is 100 cm³/mol. The van der Waals surface area contributed by atoms with E-state index in [0.29, 0.717) is 25.9 Å². The summed E-state index contributed by atoms with van der Waals surface area (Å²) in [5, 5.41) is 0. The number of hydrogen-bond donors (Lipinski definition) is 1. The second-order valence-electron chi connectivity index (χ2n) is 6.21. The van der Waals surface area contributed by atoms with Crippen LogP contribution in [0.5, 0.6) is 5.75 Å². The lowest BCUT2D eigenvalue weighted by molar-refractivity contribution is -0.116. The van der Waals surface area contributed by atoms with Gasteiger partial charge in [-0.05, 0) is 54.3 Å². The lowest BCUT2D eigenvalue weighted by Crippen LogP contribution is -2.26. The summed E-state index contributed by atoms with van der Waals surface area (Å²) >= 11 is 0. The Kier molecular flexibility index (Phi) is 5.29. The first-order valence-electron chi connectivity index (χ1n) is 8.44. The van der Waals surface area contributed by atoms with Gasteiger partial charge in [-0.15, -0.1) is 0 Å². The van der Waals surface area contributed by atoms with Crippen LogP contribution in [-0.2, 0) is 27.7 Å². The zero-order valence-electron chi connectivity index (χ0n) is 14.9. The monoisotopic (exact) mass is 374 g/mol. The second kappa shape index (κ2) is 7.47. The van der Waals surface area contributed by atoms with Gasteiger partial charge >= 0.3 is 0 Å². The first-order chi connectivity index (χ1) is 12.4. The van der Waals surface area contributed by atoms with Crippen LogP contribution in [0.2, 0.25) is 0 Å². The third-order valence-electron chi connectivity index (χ3n) is 4.50. The highest BCUT2D eigenvalue weighted by atomic mass is 32.2. The van der Waals surface area contributed by atoms with Gasteiger partial charge < -0.3 is 9.64 Å². The van der Waals surface area contributed by atoms with Crippen molar-refractivity contribution in [2.45, 2.75) is 24.7 Å². The van der Waals surface area contributed by atoms with Crippen molar-refractivity contribution in [3.63, 3.8) is 0 Å². The van der Waals surface area contributed by atoms with Gasteiger partial charge in [0.05, 0.1) is 12.0 Å². The maximum Gasteiger partial charge on any atom is 0.240 e. The number of methoxy groups -OCH3 is 1.